The third kappa shape index (κ3) is 3.15. The second-order valence-corrected chi connectivity index (χ2v) is 2.54. The summed E-state index contributed by atoms with van der Waals surface area (Å²) in [6.45, 7) is 0.540. The van der Waals surface area contributed by atoms with Gasteiger partial charge in [-0.2, -0.15) is 0 Å². The quantitative estimate of drug-likeness (QED) is 0.524. The molecule has 0 amide bonds. The molecule has 0 unspecified atom stereocenters. The molecule has 69 valence electrons. The maximum Gasteiger partial charge on any atom is 0.235 e. The van der Waals surface area contributed by atoms with Crippen molar-refractivity contribution in [3.8, 4) is 0 Å². The zero-order chi connectivity index (χ0) is 10.2. The van der Waals surface area contributed by atoms with Gasteiger partial charge in [-0.25, -0.2) is 19.6 Å². The Hall–Kier alpha value is -2.02. The Balaban J connectivity index is 2.77. The smallest absolute Gasteiger partial charge is 0.211 e. The summed E-state index contributed by atoms with van der Waals surface area (Å²) in [4.78, 5) is 26.6. The number of benzene rings is 1. The van der Waals surface area contributed by atoms with Crippen molar-refractivity contribution in [3.05, 3.63) is 35.4 Å². The summed E-state index contributed by atoms with van der Waals surface area (Å²) in [6.07, 6.45) is 2.91. The van der Waals surface area contributed by atoms with E-state index in [0.29, 0.717) is 0 Å². The largest absolute Gasteiger partial charge is 0.235 e. The van der Waals surface area contributed by atoms with Crippen LogP contribution in [0.4, 0.5) is 0 Å². The summed E-state index contributed by atoms with van der Waals surface area (Å²) < 4.78 is 0. The topological polar surface area (TPSA) is 58.9 Å². The lowest BCUT2D eigenvalue weighted by Gasteiger charge is -1.97. The minimum atomic E-state index is 0.252. The van der Waals surface area contributed by atoms with Crippen LogP contribution in [0.1, 0.15) is 11.1 Å². The van der Waals surface area contributed by atoms with E-state index < -0.39 is 0 Å². The number of carbonyl (C=O) groups excluding carboxylic acids is 2. The van der Waals surface area contributed by atoms with Crippen LogP contribution in [-0.2, 0) is 22.7 Å². The number of nitrogens with zero attached hydrogens (tertiary/aromatic N) is 2. The van der Waals surface area contributed by atoms with Gasteiger partial charge in [0.05, 0.1) is 13.1 Å². The van der Waals surface area contributed by atoms with Crippen LogP contribution in [0.3, 0.4) is 0 Å². The molecule has 0 saturated heterocycles. The van der Waals surface area contributed by atoms with E-state index >= 15 is 0 Å². The first-order chi connectivity index (χ1) is 6.86. The fourth-order valence-corrected chi connectivity index (χ4v) is 1.000. The summed E-state index contributed by atoms with van der Waals surface area (Å²) in [5.41, 5.74) is 1.63. The third-order valence-electron chi connectivity index (χ3n) is 1.57. The van der Waals surface area contributed by atoms with Crippen LogP contribution >= 0.6 is 0 Å². The molecule has 0 heterocycles. The first-order valence-electron chi connectivity index (χ1n) is 3.93. The first kappa shape index (κ1) is 10.1. The fraction of sp³-hybridized carbons (Fsp3) is 0.200. The number of isocyanates is 2. The van der Waals surface area contributed by atoms with Crippen LogP contribution < -0.4 is 0 Å². The zero-order valence-corrected chi connectivity index (χ0v) is 7.36. The minimum absolute atomic E-state index is 0.252. The molecule has 0 atom stereocenters. The summed E-state index contributed by atoms with van der Waals surface area (Å²) in [5, 5.41) is 0. The van der Waals surface area contributed by atoms with Gasteiger partial charge in [-0.1, -0.05) is 18.2 Å². The molecule has 0 N–H and O–H groups in total. The Morgan fingerprint density at radius 2 is 1.93 bits per heavy atom. The standard InChI is InChI=1S/C10H7N2O2/c13-7-11-5-9-2-1-3-10(4-9)6-12-8-14/h1-2,4H,5-6H2. The van der Waals surface area contributed by atoms with Gasteiger partial charge in [0.25, 0.3) is 0 Å². The van der Waals surface area contributed by atoms with Gasteiger partial charge in [0.2, 0.25) is 12.2 Å². The molecule has 4 heteroatoms. The van der Waals surface area contributed by atoms with Gasteiger partial charge in [0.1, 0.15) is 0 Å². The van der Waals surface area contributed by atoms with E-state index in [4.69, 9.17) is 0 Å². The zero-order valence-electron chi connectivity index (χ0n) is 7.36. The van der Waals surface area contributed by atoms with Gasteiger partial charge >= 0.3 is 0 Å². The molecule has 0 saturated carbocycles. The lowest BCUT2D eigenvalue weighted by molar-refractivity contribution is 0.562. The van der Waals surface area contributed by atoms with Gasteiger partial charge < -0.3 is 0 Å². The number of rotatable bonds is 4. The second-order valence-electron chi connectivity index (χ2n) is 2.54. The molecule has 1 aromatic rings. The SMILES string of the molecule is O=C=NCc1[c]ccc(CN=C=O)c1. The molecular weight excluding hydrogens is 180 g/mol. The van der Waals surface area contributed by atoms with E-state index in [-0.39, 0.29) is 13.1 Å². The highest BCUT2D eigenvalue weighted by molar-refractivity contribution is 5.35. The monoisotopic (exact) mass is 187 g/mol. The van der Waals surface area contributed by atoms with Gasteiger partial charge in [0, 0.05) is 0 Å². The molecular formula is C10H7N2O2. The molecule has 1 radical (unpaired) electrons. The van der Waals surface area contributed by atoms with E-state index in [1.807, 2.05) is 0 Å². The van der Waals surface area contributed by atoms with Crippen LogP contribution in [0.2, 0.25) is 0 Å². The van der Waals surface area contributed by atoms with Crippen LogP contribution in [0, 0.1) is 6.07 Å². The lowest BCUT2D eigenvalue weighted by Crippen LogP contribution is -1.86. The Morgan fingerprint density at radius 1 is 1.21 bits per heavy atom. The summed E-state index contributed by atoms with van der Waals surface area (Å²) in [6, 6.07) is 8.17. The molecule has 0 bridgehead atoms. The normalized spacial score (nSPS) is 8.57. The van der Waals surface area contributed by atoms with Gasteiger partial charge in [0.15, 0.2) is 0 Å². The molecule has 0 aliphatic rings. The molecule has 0 fully saturated rings. The Labute approximate surface area is 81.0 Å². The highest BCUT2D eigenvalue weighted by Crippen LogP contribution is 2.06. The maximum atomic E-state index is 9.87. The van der Waals surface area contributed by atoms with Crippen molar-refractivity contribution >= 4 is 12.2 Å². The molecule has 14 heavy (non-hydrogen) atoms. The molecule has 0 spiro atoms. The number of hydrogen-bond acceptors (Lipinski definition) is 4. The van der Waals surface area contributed by atoms with Crippen molar-refractivity contribution in [1.29, 1.82) is 0 Å². The van der Waals surface area contributed by atoms with Crippen molar-refractivity contribution < 1.29 is 9.59 Å². The Morgan fingerprint density at radius 3 is 2.64 bits per heavy atom. The molecule has 0 aromatic heterocycles. The summed E-state index contributed by atoms with van der Waals surface area (Å²) in [7, 11) is 0. The molecule has 1 rings (SSSR count). The predicted octanol–water partition coefficient (Wildman–Crippen LogP) is 1.16. The average molecular weight is 187 g/mol. The molecule has 0 aliphatic carbocycles. The number of aliphatic imine (C=N–C) groups is 2. The van der Waals surface area contributed by atoms with Crippen molar-refractivity contribution in [2.75, 3.05) is 0 Å². The lowest BCUT2D eigenvalue weighted by atomic mass is 10.1. The average Bonchev–Trinajstić information content (AvgIpc) is 2.24. The number of hydrogen-bond donors (Lipinski definition) is 0. The van der Waals surface area contributed by atoms with Gasteiger partial charge in [-0.05, 0) is 17.2 Å². The van der Waals surface area contributed by atoms with Gasteiger partial charge in [-0.3, -0.25) is 0 Å². The maximum absolute atomic E-state index is 9.87. The first-order valence-corrected chi connectivity index (χ1v) is 3.93. The second kappa shape index (κ2) is 5.60. The van der Waals surface area contributed by atoms with Crippen LogP contribution in [0.15, 0.2) is 28.2 Å². The van der Waals surface area contributed by atoms with Crippen molar-refractivity contribution in [3.63, 3.8) is 0 Å². The van der Waals surface area contributed by atoms with E-state index in [2.05, 4.69) is 16.1 Å². The Kier molecular flexibility index (Phi) is 4.02. The van der Waals surface area contributed by atoms with Crippen molar-refractivity contribution in [2.45, 2.75) is 13.1 Å². The van der Waals surface area contributed by atoms with Crippen LogP contribution in [-0.4, -0.2) is 12.2 Å². The van der Waals surface area contributed by atoms with Crippen molar-refractivity contribution in [2.24, 2.45) is 9.98 Å². The van der Waals surface area contributed by atoms with E-state index in [9.17, 15) is 9.59 Å². The highest BCUT2D eigenvalue weighted by Gasteiger charge is 1.94. The van der Waals surface area contributed by atoms with E-state index in [1.54, 1.807) is 18.2 Å². The fourth-order valence-electron chi connectivity index (χ4n) is 1.000. The van der Waals surface area contributed by atoms with E-state index in [1.165, 1.54) is 12.2 Å². The van der Waals surface area contributed by atoms with Crippen LogP contribution in [0.25, 0.3) is 0 Å². The molecule has 4 nitrogen and oxygen atoms in total. The summed E-state index contributed by atoms with van der Waals surface area (Å²) >= 11 is 0. The van der Waals surface area contributed by atoms with Gasteiger partial charge in [-0.15, -0.1) is 0 Å². The minimum Gasteiger partial charge on any atom is -0.211 e. The molecule has 0 aliphatic heterocycles. The summed E-state index contributed by atoms with van der Waals surface area (Å²) in [5.74, 6) is 0. The predicted molar refractivity (Wildman–Crippen MR) is 48.9 cm³/mol. The Bertz CT molecular complexity index is 367. The molecule has 1 aromatic carbocycles. The third-order valence-corrected chi connectivity index (χ3v) is 1.57. The highest BCUT2D eigenvalue weighted by atomic mass is 16.1. The van der Waals surface area contributed by atoms with E-state index in [0.717, 1.165) is 11.1 Å². The van der Waals surface area contributed by atoms with Crippen LogP contribution in [0.5, 0.6) is 0 Å². The van der Waals surface area contributed by atoms with Crippen molar-refractivity contribution in [1.82, 2.24) is 0 Å².